The first-order valence-corrected chi connectivity index (χ1v) is 8.37. The van der Waals surface area contributed by atoms with E-state index in [2.05, 4.69) is 35.6 Å². The molecule has 0 spiro atoms. The van der Waals surface area contributed by atoms with E-state index in [0.717, 1.165) is 18.5 Å². The number of nitrogens with zero attached hydrogens (tertiary/aromatic N) is 2. The normalized spacial score (nSPS) is 14.5. The Balaban J connectivity index is 1.88. The molecule has 1 N–H and O–H groups in total. The highest BCUT2D eigenvalue weighted by molar-refractivity contribution is 5.94. The summed E-state index contributed by atoms with van der Waals surface area (Å²) < 4.78 is 2.00. The predicted octanol–water partition coefficient (Wildman–Crippen LogP) is 4.35. The SMILES string of the molecule is CCCCCC(=Cn1ccnc1)c1ccc2c(c1)CCC(=O)N2. The minimum atomic E-state index is 0.113. The molecular formula is C19H23N3O. The number of allylic oxidation sites excluding steroid dienone is 1. The molecule has 120 valence electrons. The summed E-state index contributed by atoms with van der Waals surface area (Å²) in [6, 6.07) is 6.37. The Hall–Kier alpha value is -2.36. The molecule has 1 aliphatic heterocycles. The average Bonchev–Trinajstić information content (AvgIpc) is 3.07. The van der Waals surface area contributed by atoms with Crippen molar-refractivity contribution in [3.63, 3.8) is 0 Å². The van der Waals surface area contributed by atoms with Crippen molar-refractivity contribution in [3.05, 3.63) is 48.0 Å². The predicted molar refractivity (Wildman–Crippen MR) is 93.9 cm³/mol. The van der Waals surface area contributed by atoms with Crippen LogP contribution in [0.1, 0.15) is 50.2 Å². The first-order valence-electron chi connectivity index (χ1n) is 8.37. The lowest BCUT2D eigenvalue weighted by Crippen LogP contribution is -2.18. The molecule has 0 aliphatic carbocycles. The van der Waals surface area contributed by atoms with Crippen molar-refractivity contribution in [1.29, 1.82) is 0 Å². The van der Waals surface area contributed by atoms with Crippen LogP contribution in [0.15, 0.2) is 36.9 Å². The molecule has 0 bridgehead atoms. The zero-order valence-corrected chi connectivity index (χ0v) is 13.6. The van der Waals surface area contributed by atoms with Crippen LogP contribution in [0.5, 0.6) is 0 Å². The van der Waals surface area contributed by atoms with E-state index in [1.807, 2.05) is 23.2 Å². The van der Waals surface area contributed by atoms with Crippen LogP contribution in [-0.4, -0.2) is 15.5 Å². The van der Waals surface area contributed by atoms with Crippen LogP contribution in [-0.2, 0) is 11.2 Å². The Kier molecular flexibility index (Phi) is 4.91. The topological polar surface area (TPSA) is 46.9 Å². The number of benzene rings is 1. The Bertz CT molecular complexity index is 701. The number of amides is 1. The van der Waals surface area contributed by atoms with Crippen LogP contribution in [0.2, 0.25) is 0 Å². The highest BCUT2D eigenvalue weighted by Gasteiger charge is 2.15. The summed E-state index contributed by atoms with van der Waals surface area (Å²) in [4.78, 5) is 15.6. The van der Waals surface area contributed by atoms with E-state index < -0.39 is 0 Å². The monoisotopic (exact) mass is 309 g/mol. The Labute approximate surface area is 137 Å². The molecule has 0 saturated heterocycles. The molecule has 1 aliphatic rings. The summed E-state index contributed by atoms with van der Waals surface area (Å²) in [5.41, 5.74) is 4.75. The number of unbranched alkanes of at least 4 members (excludes halogenated alkanes) is 2. The zero-order valence-electron chi connectivity index (χ0n) is 13.6. The minimum Gasteiger partial charge on any atom is -0.326 e. The first-order chi connectivity index (χ1) is 11.3. The third kappa shape index (κ3) is 3.89. The molecule has 0 atom stereocenters. The number of carbonyl (C=O) groups excluding carboxylic acids is 1. The number of carbonyl (C=O) groups is 1. The summed E-state index contributed by atoms with van der Waals surface area (Å²) in [5, 5.41) is 2.95. The van der Waals surface area contributed by atoms with E-state index in [1.54, 1.807) is 6.20 Å². The molecule has 3 rings (SSSR count). The van der Waals surface area contributed by atoms with Gasteiger partial charge in [-0.05, 0) is 48.1 Å². The molecule has 23 heavy (non-hydrogen) atoms. The molecule has 4 heteroatoms. The van der Waals surface area contributed by atoms with Crippen molar-refractivity contribution < 1.29 is 4.79 Å². The lowest BCUT2D eigenvalue weighted by atomic mass is 9.95. The minimum absolute atomic E-state index is 0.113. The van der Waals surface area contributed by atoms with Crippen LogP contribution in [0.4, 0.5) is 5.69 Å². The van der Waals surface area contributed by atoms with E-state index in [1.165, 1.54) is 36.0 Å². The quantitative estimate of drug-likeness (QED) is 0.807. The van der Waals surface area contributed by atoms with Gasteiger partial charge in [0.2, 0.25) is 5.91 Å². The molecule has 0 saturated carbocycles. The fourth-order valence-corrected chi connectivity index (χ4v) is 2.96. The van der Waals surface area contributed by atoms with Gasteiger partial charge in [0.25, 0.3) is 0 Å². The smallest absolute Gasteiger partial charge is 0.224 e. The molecule has 0 unspecified atom stereocenters. The number of hydrogen-bond donors (Lipinski definition) is 1. The number of nitrogens with one attached hydrogen (secondary N) is 1. The van der Waals surface area contributed by atoms with Gasteiger partial charge in [0.15, 0.2) is 0 Å². The van der Waals surface area contributed by atoms with Gasteiger partial charge in [-0.2, -0.15) is 0 Å². The molecule has 1 amide bonds. The number of fused-ring (bicyclic) bond motifs is 1. The van der Waals surface area contributed by atoms with Crippen LogP contribution in [0.3, 0.4) is 0 Å². The summed E-state index contributed by atoms with van der Waals surface area (Å²) in [6.45, 7) is 2.22. The first kappa shape index (κ1) is 15.5. The highest BCUT2D eigenvalue weighted by atomic mass is 16.1. The molecule has 4 nitrogen and oxygen atoms in total. The van der Waals surface area contributed by atoms with E-state index in [9.17, 15) is 4.79 Å². The maximum Gasteiger partial charge on any atom is 0.224 e. The Morgan fingerprint density at radius 1 is 1.35 bits per heavy atom. The second kappa shape index (κ2) is 7.27. The summed E-state index contributed by atoms with van der Waals surface area (Å²) in [7, 11) is 0. The fourth-order valence-electron chi connectivity index (χ4n) is 2.96. The van der Waals surface area contributed by atoms with Crippen molar-refractivity contribution in [1.82, 2.24) is 9.55 Å². The average molecular weight is 309 g/mol. The summed E-state index contributed by atoms with van der Waals surface area (Å²) in [5.74, 6) is 0.113. The lowest BCUT2D eigenvalue weighted by molar-refractivity contribution is -0.116. The van der Waals surface area contributed by atoms with E-state index in [-0.39, 0.29) is 5.91 Å². The van der Waals surface area contributed by atoms with Gasteiger partial charge in [0.1, 0.15) is 0 Å². The van der Waals surface area contributed by atoms with Crippen molar-refractivity contribution in [2.45, 2.75) is 45.4 Å². The third-order valence-corrected chi connectivity index (χ3v) is 4.25. The van der Waals surface area contributed by atoms with Gasteiger partial charge in [0.05, 0.1) is 6.33 Å². The second-order valence-electron chi connectivity index (χ2n) is 6.04. The van der Waals surface area contributed by atoms with Gasteiger partial charge in [-0.3, -0.25) is 4.79 Å². The molecule has 0 radical (unpaired) electrons. The largest absolute Gasteiger partial charge is 0.326 e. The van der Waals surface area contributed by atoms with Gasteiger partial charge in [-0.25, -0.2) is 4.98 Å². The number of hydrogen-bond acceptors (Lipinski definition) is 2. The number of rotatable bonds is 6. The van der Waals surface area contributed by atoms with Crippen LogP contribution in [0.25, 0.3) is 11.8 Å². The fraction of sp³-hybridized carbons (Fsp3) is 0.368. The van der Waals surface area contributed by atoms with Crippen molar-refractivity contribution in [3.8, 4) is 0 Å². The molecule has 1 aromatic carbocycles. The maximum atomic E-state index is 11.5. The standard InChI is InChI=1S/C19H23N3O/c1-2-3-4-5-17(13-22-11-10-20-14-22)15-6-8-18-16(12-15)7-9-19(23)21-18/h6,8,10-14H,2-5,7,9H2,1H3,(H,21,23). The summed E-state index contributed by atoms with van der Waals surface area (Å²) in [6.07, 6.45) is 13.8. The molecule has 1 aromatic heterocycles. The van der Waals surface area contributed by atoms with Crippen molar-refractivity contribution in [2.75, 3.05) is 5.32 Å². The third-order valence-electron chi connectivity index (χ3n) is 4.25. The van der Waals surface area contributed by atoms with Crippen molar-refractivity contribution in [2.24, 2.45) is 0 Å². The molecular weight excluding hydrogens is 286 g/mol. The lowest BCUT2D eigenvalue weighted by Gasteiger charge is -2.18. The number of aromatic nitrogens is 2. The van der Waals surface area contributed by atoms with Crippen LogP contribution >= 0.6 is 0 Å². The molecule has 2 aromatic rings. The van der Waals surface area contributed by atoms with Gasteiger partial charge < -0.3 is 9.88 Å². The number of aryl methyl sites for hydroxylation is 1. The van der Waals surface area contributed by atoms with E-state index in [4.69, 9.17) is 0 Å². The maximum absolute atomic E-state index is 11.5. The van der Waals surface area contributed by atoms with E-state index >= 15 is 0 Å². The van der Waals surface area contributed by atoms with Crippen molar-refractivity contribution >= 4 is 23.4 Å². The second-order valence-corrected chi connectivity index (χ2v) is 6.04. The summed E-state index contributed by atoms with van der Waals surface area (Å²) >= 11 is 0. The van der Waals surface area contributed by atoms with E-state index in [0.29, 0.717) is 6.42 Å². The number of imidazole rings is 1. The molecule has 0 fully saturated rings. The Morgan fingerprint density at radius 3 is 3.04 bits per heavy atom. The van der Waals surface area contributed by atoms with Gasteiger partial charge >= 0.3 is 0 Å². The van der Waals surface area contributed by atoms with Gasteiger partial charge in [-0.1, -0.05) is 25.8 Å². The number of anilines is 1. The van der Waals surface area contributed by atoms with Gasteiger partial charge in [-0.15, -0.1) is 0 Å². The Morgan fingerprint density at radius 2 is 2.26 bits per heavy atom. The van der Waals surface area contributed by atoms with Crippen LogP contribution < -0.4 is 5.32 Å². The molecule has 2 heterocycles. The highest BCUT2D eigenvalue weighted by Crippen LogP contribution is 2.29. The van der Waals surface area contributed by atoms with Crippen LogP contribution in [0, 0.1) is 0 Å². The zero-order chi connectivity index (χ0) is 16.1. The van der Waals surface area contributed by atoms with Gasteiger partial charge in [0, 0.05) is 30.7 Å².